The van der Waals surface area contributed by atoms with Crippen molar-refractivity contribution in [3.05, 3.63) is 64.2 Å². The van der Waals surface area contributed by atoms with Crippen molar-refractivity contribution < 1.29 is 14.7 Å². The number of rotatable bonds is 4. The van der Waals surface area contributed by atoms with E-state index in [1.54, 1.807) is 30.5 Å². The van der Waals surface area contributed by atoms with Crippen LogP contribution in [0.4, 0.5) is 0 Å². The highest BCUT2D eigenvalue weighted by Gasteiger charge is 2.07. The maximum Gasteiger partial charge on any atom is 0.294 e. The predicted molar refractivity (Wildman–Crippen MR) is 60.2 cm³/mol. The summed E-state index contributed by atoms with van der Waals surface area (Å²) in [7, 11) is 0. The Morgan fingerprint density at radius 2 is 2.11 bits per heavy atom. The minimum atomic E-state index is -0.857. The molecule has 0 spiro atoms. The third-order valence-electron chi connectivity index (χ3n) is 2.28. The number of carbonyl (C=O) groups is 1. The highest BCUT2D eigenvalue weighted by molar-refractivity contribution is 5.95. The van der Waals surface area contributed by atoms with E-state index in [1.807, 2.05) is 0 Å². The van der Waals surface area contributed by atoms with Gasteiger partial charge in [0.1, 0.15) is 12.9 Å². The molecule has 7 heteroatoms. The third kappa shape index (κ3) is 2.70. The van der Waals surface area contributed by atoms with Crippen LogP contribution in [0.25, 0.3) is 0 Å². The lowest BCUT2D eigenvalue weighted by atomic mass is 10.1. The summed E-state index contributed by atoms with van der Waals surface area (Å²) in [5.74, 6) is -0.214. The van der Waals surface area contributed by atoms with Gasteiger partial charge in [0, 0.05) is 18.0 Å². The van der Waals surface area contributed by atoms with Crippen LogP contribution in [0.3, 0.4) is 0 Å². The van der Waals surface area contributed by atoms with Gasteiger partial charge >= 0.3 is 0 Å². The lowest BCUT2D eigenvalue weighted by Gasteiger charge is -2.03. The molecular formula is C11H9N3O4. The van der Waals surface area contributed by atoms with E-state index in [0.717, 1.165) is 0 Å². The Labute approximate surface area is 102 Å². The zero-order chi connectivity index (χ0) is 13.0. The van der Waals surface area contributed by atoms with Crippen molar-refractivity contribution in [1.82, 2.24) is 9.55 Å². The van der Waals surface area contributed by atoms with Gasteiger partial charge in [-0.15, -0.1) is 10.1 Å². The quantitative estimate of drug-likeness (QED) is 0.599. The fourth-order valence-corrected chi connectivity index (χ4v) is 1.40. The van der Waals surface area contributed by atoms with Crippen LogP contribution in [0.2, 0.25) is 0 Å². The largest absolute Gasteiger partial charge is 0.309 e. The lowest BCUT2D eigenvalue weighted by Crippen LogP contribution is -2.09. The van der Waals surface area contributed by atoms with Crippen LogP contribution in [0.1, 0.15) is 15.9 Å². The average Bonchev–Trinajstić information content (AvgIpc) is 2.90. The van der Waals surface area contributed by atoms with Crippen LogP contribution < -0.4 is 0 Å². The van der Waals surface area contributed by atoms with E-state index in [4.69, 9.17) is 0 Å². The second kappa shape index (κ2) is 5.09. The van der Waals surface area contributed by atoms with Crippen molar-refractivity contribution in [2.45, 2.75) is 6.61 Å². The highest BCUT2D eigenvalue weighted by Crippen LogP contribution is 2.07. The summed E-state index contributed by atoms with van der Waals surface area (Å²) in [5, 5.41) is 9.17. The molecule has 0 amide bonds. The van der Waals surface area contributed by atoms with E-state index >= 15 is 0 Å². The smallest absolute Gasteiger partial charge is 0.294 e. The van der Waals surface area contributed by atoms with Gasteiger partial charge in [0.05, 0.1) is 0 Å². The lowest BCUT2D eigenvalue weighted by molar-refractivity contribution is -0.763. The van der Waals surface area contributed by atoms with E-state index in [9.17, 15) is 14.9 Å². The zero-order valence-corrected chi connectivity index (χ0v) is 9.22. The standard InChI is InChI=1S/C11H9N3O4/c15-11(13-6-5-12-8-13)10-3-1-9(2-4-10)7-18-14(16)17/h1-6,8H,7H2. The van der Waals surface area contributed by atoms with Crippen LogP contribution in [0.15, 0.2) is 43.0 Å². The molecule has 0 aliphatic carbocycles. The summed E-state index contributed by atoms with van der Waals surface area (Å²) < 4.78 is 1.35. The van der Waals surface area contributed by atoms with Gasteiger partial charge in [0.2, 0.25) is 0 Å². The van der Waals surface area contributed by atoms with Gasteiger partial charge in [-0.25, -0.2) is 4.98 Å². The Kier molecular flexibility index (Phi) is 3.33. The molecule has 1 aromatic heterocycles. The van der Waals surface area contributed by atoms with E-state index < -0.39 is 5.09 Å². The summed E-state index contributed by atoms with van der Waals surface area (Å²) in [6.45, 7) is -0.132. The summed E-state index contributed by atoms with van der Waals surface area (Å²) >= 11 is 0. The maximum atomic E-state index is 11.9. The number of carbonyl (C=O) groups excluding carboxylic acids is 1. The van der Waals surface area contributed by atoms with E-state index in [-0.39, 0.29) is 12.5 Å². The number of hydrogen-bond donors (Lipinski definition) is 0. The number of imidazole rings is 1. The summed E-state index contributed by atoms with van der Waals surface area (Å²) in [6, 6.07) is 6.38. The molecule has 0 N–H and O–H groups in total. The Bertz CT molecular complexity index is 548. The van der Waals surface area contributed by atoms with Crippen molar-refractivity contribution >= 4 is 5.91 Å². The van der Waals surface area contributed by atoms with Gasteiger partial charge in [-0.3, -0.25) is 9.36 Å². The molecule has 0 fully saturated rings. The fourth-order valence-electron chi connectivity index (χ4n) is 1.40. The minimum Gasteiger partial charge on any atom is -0.309 e. The molecule has 2 aromatic rings. The molecule has 1 heterocycles. The van der Waals surface area contributed by atoms with Crippen LogP contribution in [-0.4, -0.2) is 20.5 Å². The molecule has 0 atom stereocenters. The molecular weight excluding hydrogens is 238 g/mol. The van der Waals surface area contributed by atoms with E-state index in [0.29, 0.717) is 11.1 Å². The molecule has 1 aromatic carbocycles. The molecule has 92 valence electrons. The Morgan fingerprint density at radius 3 is 2.67 bits per heavy atom. The first-order valence-corrected chi connectivity index (χ1v) is 5.06. The van der Waals surface area contributed by atoms with Crippen molar-refractivity contribution in [1.29, 1.82) is 0 Å². The highest BCUT2D eigenvalue weighted by atomic mass is 16.9. The number of nitrogens with zero attached hydrogens (tertiary/aromatic N) is 3. The second-order valence-electron chi connectivity index (χ2n) is 3.47. The maximum absolute atomic E-state index is 11.9. The number of benzene rings is 1. The minimum absolute atomic E-state index is 0.132. The molecule has 0 aliphatic rings. The molecule has 0 bridgehead atoms. The van der Waals surface area contributed by atoms with Crippen molar-refractivity contribution in [3.8, 4) is 0 Å². The zero-order valence-electron chi connectivity index (χ0n) is 9.22. The second-order valence-corrected chi connectivity index (χ2v) is 3.47. The normalized spacial score (nSPS) is 10.0. The van der Waals surface area contributed by atoms with Crippen molar-refractivity contribution in [2.24, 2.45) is 0 Å². The molecule has 0 saturated heterocycles. The van der Waals surface area contributed by atoms with Gasteiger partial charge in [-0.2, -0.15) is 0 Å². The topological polar surface area (TPSA) is 87.3 Å². The summed E-state index contributed by atoms with van der Waals surface area (Å²) in [5.41, 5.74) is 1.09. The van der Waals surface area contributed by atoms with Crippen molar-refractivity contribution in [3.63, 3.8) is 0 Å². The Morgan fingerprint density at radius 1 is 1.39 bits per heavy atom. The monoisotopic (exact) mass is 247 g/mol. The van der Waals surface area contributed by atoms with Gasteiger partial charge in [0.25, 0.3) is 11.0 Å². The molecule has 18 heavy (non-hydrogen) atoms. The number of hydrogen-bond acceptors (Lipinski definition) is 5. The van der Waals surface area contributed by atoms with Crippen LogP contribution in [0, 0.1) is 10.1 Å². The molecule has 0 unspecified atom stereocenters. The third-order valence-corrected chi connectivity index (χ3v) is 2.28. The van der Waals surface area contributed by atoms with Gasteiger partial charge in [-0.1, -0.05) is 12.1 Å². The Balaban J connectivity index is 2.08. The van der Waals surface area contributed by atoms with Gasteiger partial charge in [-0.05, 0) is 17.7 Å². The first-order valence-electron chi connectivity index (χ1n) is 5.06. The van der Waals surface area contributed by atoms with Crippen molar-refractivity contribution in [2.75, 3.05) is 0 Å². The first kappa shape index (κ1) is 11.8. The van der Waals surface area contributed by atoms with Gasteiger partial charge < -0.3 is 4.84 Å². The summed E-state index contributed by atoms with van der Waals surface area (Å²) in [4.78, 5) is 29.9. The van der Waals surface area contributed by atoms with Crippen LogP contribution in [0.5, 0.6) is 0 Å². The summed E-state index contributed by atoms with van der Waals surface area (Å²) in [6.07, 6.45) is 4.47. The molecule has 0 aliphatic heterocycles. The first-order chi connectivity index (χ1) is 8.66. The van der Waals surface area contributed by atoms with E-state index in [2.05, 4.69) is 9.82 Å². The van der Waals surface area contributed by atoms with Crippen LogP contribution in [-0.2, 0) is 11.4 Å². The van der Waals surface area contributed by atoms with E-state index in [1.165, 1.54) is 17.1 Å². The van der Waals surface area contributed by atoms with Gasteiger partial charge in [0.15, 0.2) is 0 Å². The SMILES string of the molecule is O=C(c1ccc(CO[N+](=O)[O-])cc1)n1ccnc1. The van der Waals surface area contributed by atoms with Crippen LogP contribution >= 0.6 is 0 Å². The fraction of sp³-hybridized carbons (Fsp3) is 0.0909. The predicted octanol–water partition coefficient (Wildman–Crippen LogP) is 1.28. The number of aromatic nitrogens is 2. The average molecular weight is 247 g/mol. The molecule has 0 radical (unpaired) electrons. The molecule has 0 saturated carbocycles. The Hall–Kier alpha value is -2.70. The molecule has 7 nitrogen and oxygen atoms in total. The molecule has 2 rings (SSSR count).